The van der Waals surface area contributed by atoms with Crippen LogP contribution in [0.1, 0.15) is 39.5 Å². The van der Waals surface area contributed by atoms with Gasteiger partial charge in [0.25, 0.3) is 0 Å². The van der Waals surface area contributed by atoms with E-state index in [-0.39, 0.29) is 12.4 Å². The molecule has 0 aliphatic carbocycles. The number of hydrogen-bond donors (Lipinski definition) is 1. The fourth-order valence-electron chi connectivity index (χ4n) is 1.83. The molecule has 0 aliphatic heterocycles. The quantitative estimate of drug-likeness (QED) is 0.745. The third-order valence-electron chi connectivity index (χ3n) is 2.84. The van der Waals surface area contributed by atoms with E-state index in [1.54, 1.807) is 0 Å². The van der Waals surface area contributed by atoms with Crippen LogP contribution < -0.4 is 10.6 Å². The molecule has 0 heterocycles. The van der Waals surface area contributed by atoms with Crippen molar-refractivity contribution in [2.24, 2.45) is 0 Å². The number of halogens is 1. The number of rotatable bonds is 7. The highest BCUT2D eigenvalue weighted by Crippen LogP contribution is 2.23. The van der Waals surface area contributed by atoms with Gasteiger partial charge in [-0.05, 0) is 25.0 Å². The van der Waals surface area contributed by atoms with Crippen LogP contribution in [-0.2, 0) is 0 Å². The predicted octanol–water partition coefficient (Wildman–Crippen LogP) is 4.10. The van der Waals surface area contributed by atoms with Gasteiger partial charge in [-0.15, -0.1) is 12.4 Å². The van der Waals surface area contributed by atoms with Crippen molar-refractivity contribution in [3.05, 3.63) is 24.3 Å². The third-order valence-corrected chi connectivity index (χ3v) is 2.84. The van der Waals surface area contributed by atoms with Crippen LogP contribution in [0.25, 0.3) is 0 Å². The third kappa shape index (κ3) is 5.31. The smallest absolute Gasteiger partial charge is 0.0599 e. The average molecular weight is 257 g/mol. The molecule has 1 rings (SSSR count). The van der Waals surface area contributed by atoms with Crippen molar-refractivity contribution in [2.75, 3.05) is 23.7 Å². The fourth-order valence-corrected chi connectivity index (χ4v) is 1.83. The van der Waals surface area contributed by atoms with Gasteiger partial charge in [0.15, 0.2) is 0 Å². The Balaban J connectivity index is 0.00000256. The minimum Gasteiger partial charge on any atom is -0.397 e. The van der Waals surface area contributed by atoms with Gasteiger partial charge < -0.3 is 10.6 Å². The molecule has 1 aromatic rings. The second kappa shape index (κ2) is 9.17. The molecule has 17 heavy (non-hydrogen) atoms. The molecule has 0 radical (unpaired) electrons. The predicted molar refractivity (Wildman–Crippen MR) is 80.1 cm³/mol. The first kappa shape index (κ1) is 16.1. The van der Waals surface area contributed by atoms with E-state index in [9.17, 15) is 0 Å². The number of nitrogens with two attached hydrogens (primary N) is 1. The second-order valence-corrected chi connectivity index (χ2v) is 4.25. The summed E-state index contributed by atoms with van der Waals surface area (Å²) in [6, 6.07) is 8.17. The van der Waals surface area contributed by atoms with Crippen molar-refractivity contribution < 1.29 is 0 Å². The number of hydrogen-bond acceptors (Lipinski definition) is 2. The Morgan fingerprint density at radius 2 is 1.53 bits per heavy atom. The van der Waals surface area contributed by atoms with Crippen LogP contribution in [0, 0.1) is 0 Å². The second-order valence-electron chi connectivity index (χ2n) is 4.25. The Kier molecular flexibility index (Phi) is 8.69. The number of anilines is 2. The first-order chi connectivity index (χ1) is 7.79. The summed E-state index contributed by atoms with van der Waals surface area (Å²) >= 11 is 0. The van der Waals surface area contributed by atoms with Crippen LogP contribution in [0.2, 0.25) is 0 Å². The molecular weight excluding hydrogens is 232 g/mol. The van der Waals surface area contributed by atoms with Gasteiger partial charge in [-0.25, -0.2) is 0 Å². The van der Waals surface area contributed by atoms with Gasteiger partial charge in [-0.2, -0.15) is 0 Å². The summed E-state index contributed by atoms with van der Waals surface area (Å²) < 4.78 is 0. The molecule has 0 spiro atoms. The summed E-state index contributed by atoms with van der Waals surface area (Å²) in [6.45, 7) is 6.69. The standard InChI is InChI=1S/C14H24N2.ClH/c1-3-5-11-16(12-6-4-2)14-10-8-7-9-13(14)15;/h7-10H,3-6,11-12,15H2,1-2H3;1H. The number of benzene rings is 1. The summed E-state index contributed by atoms with van der Waals surface area (Å²) in [5, 5.41) is 0. The van der Waals surface area contributed by atoms with E-state index in [0.29, 0.717) is 0 Å². The molecule has 0 aliphatic rings. The van der Waals surface area contributed by atoms with Gasteiger partial charge in [-0.3, -0.25) is 0 Å². The Bertz CT molecular complexity index is 294. The largest absolute Gasteiger partial charge is 0.397 e. The Morgan fingerprint density at radius 1 is 1.00 bits per heavy atom. The monoisotopic (exact) mass is 256 g/mol. The first-order valence-corrected chi connectivity index (χ1v) is 6.39. The maximum absolute atomic E-state index is 6.02. The van der Waals surface area contributed by atoms with E-state index in [1.807, 2.05) is 12.1 Å². The fraction of sp³-hybridized carbons (Fsp3) is 0.571. The lowest BCUT2D eigenvalue weighted by molar-refractivity contribution is 0.678. The molecule has 2 nitrogen and oxygen atoms in total. The van der Waals surface area contributed by atoms with Crippen molar-refractivity contribution in [3.8, 4) is 0 Å². The van der Waals surface area contributed by atoms with E-state index >= 15 is 0 Å². The van der Waals surface area contributed by atoms with Crippen LogP contribution in [-0.4, -0.2) is 13.1 Å². The first-order valence-electron chi connectivity index (χ1n) is 6.39. The lowest BCUT2D eigenvalue weighted by Crippen LogP contribution is -2.26. The Morgan fingerprint density at radius 3 is 2.00 bits per heavy atom. The highest BCUT2D eigenvalue weighted by Gasteiger charge is 2.07. The average Bonchev–Trinajstić information content (AvgIpc) is 2.31. The van der Waals surface area contributed by atoms with Crippen LogP contribution in [0.15, 0.2) is 24.3 Å². The minimum atomic E-state index is 0. The summed E-state index contributed by atoms with van der Waals surface area (Å²) in [5.74, 6) is 0. The highest BCUT2D eigenvalue weighted by atomic mass is 35.5. The van der Waals surface area contributed by atoms with Crippen LogP contribution in [0.5, 0.6) is 0 Å². The molecular formula is C14H25ClN2. The van der Waals surface area contributed by atoms with E-state index in [4.69, 9.17) is 5.73 Å². The van der Waals surface area contributed by atoms with Crippen molar-refractivity contribution in [2.45, 2.75) is 39.5 Å². The maximum atomic E-state index is 6.02. The van der Waals surface area contributed by atoms with E-state index < -0.39 is 0 Å². The van der Waals surface area contributed by atoms with Gasteiger partial charge in [0.05, 0.1) is 11.4 Å². The summed E-state index contributed by atoms with van der Waals surface area (Å²) in [5.41, 5.74) is 8.12. The number of nitrogen functional groups attached to an aromatic ring is 1. The normalized spacial score (nSPS) is 9.76. The number of nitrogens with zero attached hydrogens (tertiary/aromatic N) is 1. The zero-order valence-corrected chi connectivity index (χ0v) is 11.8. The topological polar surface area (TPSA) is 29.3 Å². The molecule has 0 atom stereocenters. The van der Waals surface area contributed by atoms with Crippen LogP contribution in [0.3, 0.4) is 0 Å². The van der Waals surface area contributed by atoms with Gasteiger partial charge in [0.2, 0.25) is 0 Å². The molecule has 0 saturated heterocycles. The van der Waals surface area contributed by atoms with Crippen molar-refractivity contribution in [3.63, 3.8) is 0 Å². The van der Waals surface area contributed by atoms with Crippen LogP contribution >= 0.6 is 12.4 Å². The van der Waals surface area contributed by atoms with Gasteiger partial charge in [0.1, 0.15) is 0 Å². The molecule has 0 fully saturated rings. The highest BCUT2D eigenvalue weighted by molar-refractivity contribution is 5.85. The van der Waals surface area contributed by atoms with Gasteiger partial charge in [0, 0.05) is 13.1 Å². The summed E-state index contributed by atoms with van der Waals surface area (Å²) in [4.78, 5) is 2.42. The molecule has 0 bridgehead atoms. The lowest BCUT2D eigenvalue weighted by Gasteiger charge is -2.25. The van der Waals surface area contributed by atoms with E-state index in [2.05, 4.69) is 30.9 Å². The number of para-hydroxylation sites is 2. The van der Waals surface area contributed by atoms with Crippen molar-refractivity contribution >= 4 is 23.8 Å². The SMILES string of the molecule is CCCCN(CCCC)c1ccccc1N.Cl. The van der Waals surface area contributed by atoms with Gasteiger partial charge >= 0.3 is 0 Å². The molecule has 98 valence electrons. The molecule has 0 unspecified atom stereocenters. The van der Waals surface area contributed by atoms with E-state index in [1.165, 1.54) is 31.4 Å². The minimum absolute atomic E-state index is 0. The van der Waals surface area contributed by atoms with Crippen molar-refractivity contribution in [1.82, 2.24) is 0 Å². The summed E-state index contributed by atoms with van der Waals surface area (Å²) in [7, 11) is 0. The molecule has 0 amide bonds. The Labute approximate surface area is 112 Å². The maximum Gasteiger partial charge on any atom is 0.0599 e. The molecule has 0 aromatic heterocycles. The zero-order valence-electron chi connectivity index (χ0n) is 11.0. The van der Waals surface area contributed by atoms with E-state index in [0.717, 1.165) is 18.8 Å². The molecule has 2 N–H and O–H groups in total. The summed E-state index contributed by atoms with van der Waals surface area (Å²) in [6.07, 6.45) is 4.93. The molecule has 1 aromatic carbocycles. The molecule has 3 heteroatoms. The molecule has 0 saturated carbocycles. The van der Waals surface area contributed by atoms with Gasteiger partial charge in [-0.1, -0.05) is 38.8 Å². The number of unbranched alkanes of at least 4 members (excludes halogenated alkanes) is 2. The van der Waals surface area contributed by atoms with Crippen molar-refractivity contribution in [1.29, 1.82) is 0 Å². The van der Waals surface area contributed by atoms with Crippen LogP contribution in [0.4, 0.5) is 11.4 Å². The Hall–Kier alpha value is -0.890. The lowest BCUT2D eigenvalue weighted by atomic mass is 10.2. The zero-order chi connectivity index (χ0) is 11.8.